The summed E-state index contributed by atoms with van der Waals surface area (Å²) >= 11 is 0. The molecular formula is C7H7N3OP3+. The molecule has 70 valence electrons. The van der Waals surface area contributed by atoms with Crippen LogP contribution in [0.2, 0.25) is 0 Å². The molecule has 0 unspecified atom stereocenters. The van der Waals surface area contributed by atoms with E-state index in [1.807, 2.05) is 31.2 Å². The fourth-order valence-electron chi connectivity index (χ4n) is 0.943. The van der Waals surface area contributed by atoms with Crippen molar-refractivity contribution in [2.24, 2.45) is 0 Å². The van der Waals surface area contributed by atoms with Crippen LogP contribution in [0.5, 0.6) is 5.75 Å². The van der Waals surface area contributed by atoms with E-state index >= 15 is 0 Å². The summed E-state index contributed by atoms with van der Waals surface area (Å²) in [6.07, 6.45) is 0. The van der Waals surface area contributed by atoms with Gasteiger partial charge in [-0.05, 0) is 29.1 Å². The standard InChI is InChI=1S/C7H7N3OP3/c1-6-3-2-4-7(5-6)11-14-9-12-8-13-10-14/h2-5H,1H3/q+1. The van der Waals surface area contributed by atoms with Crippen molar-refractivity contribution in [3.8, 4) is 5.75 Å². The maximum absolute atomic E-state index is 5.59. The molecule has 0 aliphatic carbocycles. The van der Waals surface area contributed by atoms with Crippen LogP contribution >= 0.6 is 25.1 Å². The molecule has 0 saturated heterocycles. The van der Waals surface area contributed by atoms with Crippen molar-refractivity contribution >= 4 is 25.1 Å². The molecule has 1 heterocycles. The van der Waals surface area contributed by atoms with Crippen LogP contribution in [0, 0.1) is 6.92 Å². The van der Waals surface area contributed by atoms with E-state index in [0.29, 0.717) is 0 Å². The summed E-state index contributed by atoms with van der Waals surface area (Å²) < 4.78 is 17.8. The Morgan fingerprint density at radius 2 is 2.07 bits per heavy atom. The Morgan fingerprint density at radius 1 is 1.29 bits per heavy atom. The van der Waals surface area contributed by atoms with Gasteiger partial charge in [-0.2, -0.15) is 0 Å². The third-order valence-corrected chi connectivity index (χ3v) is 4.37. The first kappa shape index (κ1) is 9.86. The number of rotatable bonds is 2. The van der Waals surface area contributed by atoms with Crippen molar-refractivity contribution in [3.63, 3.8) is 0 Å². The minimum Gasteiger partial charge on any atom is -0.358 e. The maximum atomic E-state index is 5.59. The molecule has 1 aromatic heterocycles. The quantitative estimate of drug-likeness (QED) is 0.809. The topological polar surface area (TPSA) is 47.9 Å². The first-order valence-corrected chi connectivity index (χ1v) is 6.67. The monoisotopic (exact) mass is 242 g/mol. The predicted molar refractivity (Wildman–Crippen MR) is 59.2 cm³/mol. The molecule has 1 aromatic carbocycles. The highest BCUT2D eigenvalue weighted by Gasteiger charge is 2.06. The van der Waals surface area contributed by atoms with E-state index in [0.717, 1.165) is 22.8 Å². The summed E-state index contributed by atoms with van der Waals surface area (Å²) in [7, 11) is 0.424. The number of hydrogen-bond acceptors (Lipinski definition) is 4. The molecule has 4 nitrogen and oxygen atoms in total. The second-order valence-electron chi connectivity index (χ2n) is 2.61. The molecule has 2 aromatic rings. The molecule has 0 bridgehead atoms. The van der Waals surface area contributed by atoms with Crippen LogP contribution in [0.25, 0.3) is 0 Å². The van der Waals surface area contributed by atoms with Crippen molar-refractivity contribution in [3.05, 3.63) is 29.8 Å². The van der Waals surface area contributed by atoms with Gasteiger partial charge in [0.25, 0.3) is 0 Å². The number of aromatic nitrogens is 3. The van der Waals surface area contributed by atoms with Gasteiger partial charge in [-0.3, -0.25) is 0 Å². The predicted octanol–water partition coefficient (Wildman–Crippen LogP) is 3.45. The van der Waals surface area contributed by atoms with Crippen LogP contribution in [0.1, 0.15) is 5.56 Å². The summed E-state index contributed by atoms with van der Waals surface area (Å²) in [6, 6.07) is 7.89. The zero-order valence-corrected chi connectivity index (χ0v) is 10.1. The zero-order chi connectivity index (χ0) is 9.80. The summed E-state index contributed by atoms with van der Waals surface area (Å²) in [5, 5.41) is 0. The Morgan fingerprint density at radius 3 is 2.79 bits per heavy atom. The maximum Gasteiger partial charge on any atom is 0.414 e. The number of nitrogens with zero attached hydrogens (tertiary/aromatic N) is 3. The van der Waals surface area contributed by atoms with E-state index in [-0.39, 0.29) is 0 Å². The van der Waals surface area contributed by atoms with Gasteiger partial charge in [0, 0.05) is 9.02 Å². The van der Waals surface area contributed by atoms with Crippen LogP contribution < -0.4 is 4.52 Å². The average molecular weight is 242 g/mol. The summed E-state index contributed by atoms with van der Waals surface area (Å²) in [5.74, 6) is 0.830. The molecule has 14 heavy (non-hydrogen) atoms. The van der Waals surface area contributed by atoms with Crippen molar-refractivity contribution in [1.82, 2.24) is 13.5 Å². The molecule has 0 amide bonds. The van der Waals surface area contributed by atoms with E-state index in [2.05, 4.69) is 13.5 Å². The molecule has 0 fully saturated rings. The largest absolute Gasteiger partial charge is 0.414 e. The summed E-state index contributed by atoms with van der Waals surface area (Å²) in [4.78, 5) is 0. The van der Waals surface area contributed by atoms with Gasteiger partial charge in [-0.25, -0.2) is 0 Å². The average Bonchev–Trinajstić information content (AvgIpc) is 2.19. The van der Waals surface area contributed by atoms with Crippen LogP contribution in [-0.2, 0) is 0 Å². The third-order valence-electron chi connectivity index (χ3n) is 1.49. The van der Waals surface area contributed by atoms with E-state index in [9.17, 15) is 0 Å². The molecule has 2 rings (SSSR count). The Balaban J connectivity index is 2.19. The zero-order valence-electron chi connectivity index (χ0n) is 7.40. The Labute approximate surface area is 86.1 Å². The highest BCUT2D eigenvalue weighted by molar-refractivity contribution is 7.50. The molecule has 0 radical (unpaired) electrons. The van der Waals surface area contributed by atoms with Gasteiger partial charge < -0.3 is 4.52 Å². The van der Waals surface area contributed by atoms with Crippen LogP contribution in [0.4, 0.5) is 0 Å². The highest BCUT2D eigenvalue weighted by Crippen LogP contribution is 2.27. The Kier molecular flexibility index (Phi) is 3.31. The number of benzene rings is 1. The van der Waals surface area contributed by atoms with Gasteiger partial charge in [0.2, 0.25) is 0 Å². The lowest BCUT2D eigenvalue weighted by Crippen LogP contribution is -1.82. The van der Waals surface area contributed by atoms with Gasteiger partial charge in [0.1, 0.15) is 0 Å². The van der Waals surface area contributed by atoms with Crippen LogP contribution in [0.3, 0.4) is 0 Å². The highest BCUT2D eigenvalue weighted by atomic mass is 31.2. The van der Waals surface area contributed by atoms with Crippen molar-refractivity contribution in [2.45, 2.75) is 6.92 Å². The second kappa shape index (κ2) is 4.70. The van der Waals surface area contributed by atoms with E-state index in [4.69, 9.17) is 4.52 Å². The third kappa shape index (κ3) is 2.65. The number of aryl methyl sites for hydroxylation is 1. The molecule has 7 heteroatoms. The van der Waals surface area contributed by atoms with Gasteiger partial charge in [-0.1, -0.05) is 12.1 Å². The summed E-state index contributed by atoms with van der Waals surface area (Å²) in [5.41, 5.74) is 1.18. The van der Waals surface area contributed by atoms with Crippen LogP contribution in [-0.4, -0.2) is 13.5 Å². The van der Waals surface area contributed by atoms with Crippen molar-refractivity contribution in [1.29, 1.82) is 0 Å². The smallest absolute Gasteiger partial charge is 0.358 e. The van der Waals surface area contributed by atoms with Gasteiger partial charge >= 0.3 is 25.1 Å². The van der Waals surface area contributed by atoms with Gasteiger partial charge in [0.15, 0.2) is 5.75 Å². The molecular weight excluding hydrogens is 235 g/mol. The van der Waals surface area contributed by atoms with Crippen LogP contribution in [0.15, 0.2) is 24.3 Å². The molecule has 0 aliphatic rings. The lowest BCUT2D eigenvalue weighted by atomic mass is 10.2. The van der Waals surface area contributed by atoms with Crippen molar-refractivity contribution < 1.29 is 4.52 Å². The Bertz CT molecular complexity index is 426. The van der Waals surface area contributed by atoms with Gasteiger partial charge in [0.05, 0.1) is 0 Å². The first-order chi connectivity index (χ1) is 6.84. The second-order valence-corrected chi connectivity index (χ2v) is 5.80. The molecule has 0 atom stereocenters. The van der Waals surface area contributed by atoms with E-state index in [1.54, 1.807) is 0 Å². The van der Waals surface area contributed by atoms with Crippen molar-refractivity contribution in [2.75, 3.05) is 0 Å². The SMILES string of the molecule is Cc1cccc(O[p+]2npnpn2)c1. The Hall–Kier alpha value is -0.680. The normalized spacial score (nSPS) is 12.2. The molecule has 0 saturated carbocycles. The summed E-state index contributed by atoms with van der Waals surface area (Å²) in [6.45, 7) is 2.03. The number of hydrogen-bond donors (Lipinski definition) is 0. The first-order valence-electron chi connectivity index (χ1n) is 3.91. The lowest BCUT2D eigenvalue weighted by Gasteiger charge is -1.97. The van der Waals surface area contributed by atoms with E-state index < -0.39 is 8.08 Å². The van der Waals surface area contributed by atoms with E-state index in [1.165, 1.54) is 5.56 Å². The molecule has 0 spiro atoms. The lowest BCUT2D eigenvalue weighted by molar-refractivity contribution is 0.623. The minimum atomic E-state index is -1.03. The molecule has 0 N–H and O–H groups in total. The fourth-order valence-corrected chi connectivity index (χ4v) is 3.62. The molecule has 0 aliphatic heterocycles. The minimum absolute atomic E-state index is 0.726. The van der Waals surface area contributed by atoms with Gasteiger partial charge in [-0.15, -0.1) is 0 Å². The fraction of sp³-hybridized carbons (Fsp3) is 0.143.